The van der Waals surface area contributed by atoms with E-state index in [0.29, 0.717) is 37.9 Å². The Morgan fingerprint density at radius 1 is 1.13 bits per heavy atom. The Morgan fingerprint density at radius 2 is 1.90 bits per heavy atom. The Bertz CT molecular complexity index is 1070. The van der Waals surface area contributed by atoms with Crippen LogP contribution in [0.3, 0.4) is 0 Å². The van der Waals surface area contributed by atoms with E-state index in [9.17, 15) is 18.0 Å². The number of hydrogen-bond donors (Lipinski definition) is 0. The van der Waals surface area contributed by atoms with Crippen LogP contribution < -0.4 is 0 Å². The van der Waals surface area contributed by atoms with Gasteiger partial charge in [0.15, 0.2) is 0 Å². The number of hydrogen-bond acceptors (Lipinski definition) is 3. The number of halogens is 3. The molecule has 0 N–H and O–H groups in total. The quantitative estimate of drug-likeness (QED) is 0.316. The molecule has 3 aromatic rings. The molecule has 0 amide bonds. The summed E-state index contributed by atoms with van der Waals surface area (Å²) >= 11 is 0. The predicted molar refractivity (Wildman–Crippen MR) is 114 cm³/mol. The molecule has 7 heteroatoms. The van der Waals surface area contributed by atoms with Crippen LogP contribution in [-0.2, 0) is 28.5 Å². The fraction of sp³-hybridized carbons (Fsp3) is 0.417. The number of carbonyl (C=O) groups is 1. The molecule has 0 saturated carbocycles. The van der Waals surface area contributed by atoms with Crippen LogP contribution in [0.2, 0.25) is 0 Å². The van der Waals surface area contributed by atoms with Crippen LogP contribution in [0.5, 0.6) is 0 Å². The average molecular weight is 432 g/mol. The number of ether oxygens (including phenoxy) is 1. The second kappa shape index (κ2) is 9.54. The smallest absolute Gasteiger partial charge is 0.416 e. The molecule has 0 spiro atoms. The highest BCUT2D eigenvalue weighted by atomic mass is 19.4. The van der Waals surface area contributed by atoms with Crippen molar-refractivity contribution in [1.82, 2.24) is 9.61 Å². The molecule has 0 aliphatic heterocycles. The monoisotopic (exact) mass is 432 g/mol. The van der Waals surface area contributed by atoms with Gasteiger partial charge in [-0.05, 0) is 74.9 Å². The van der Waals surface area contributed by atoms with Gasteiger partial charge in [0.05, 0.1) is 23.4 Å². The van der Waals surface area contributed by atoms with Crippen molar-refractivity contribution in [3.8, 4) is 11.1 Å². The SMILES string of the molecule is CCOC(=O)CCCCc1c(C)nn2c(CC)ccc2c1-c1cccc(C(F)(F)F)c1. The first-order valence-electron chi connectivity index (χ1n) is 10.6. The van der Waals surface area contributed by atoms with Gasteiger partial charge < -0.3 is 4.74 Å². The summed E-state index contributed by atoms with van der Waals surface area (Å²) in [5.74, 6) is -0.231. The number of carbonyl (C=O) groups excluding carboxylic acids is 1. The first-order chi connectivity index (χ1) is 14.8. The van der Waals surface area contributed by atoms with Gasteiger partial charge in [0, 0.05) is 17.7 Å². The van der Waals surface area contributed by atoms with Gasteiger partial charge >= 0.3 is 12.1 Å². The average Bonchev–Trinajstić information content (AvgIpc) is 3.13. The maximum absolute atomic E-state index is 13.4. The number of aromatic nitrogens is 2. The summed E-state index contributed by atoms with van der Waals surface area (Å²) in [4.78, 5) is 11.6. The standard InChI is InChI=1S/C24H27F3N2O2/c1-4-19-13-14-21-23(17-9-8-10-18(15-17)24(25,26)27)20(16(3)28-29(19)21)11-6-7-12-22(30)31-5-2/h8-10,13-15H,4-7,11-12H2,1-3H3. The van der Waals surface area contributed by atoms with Crippen LogP contribution in [0.4, 0.5) is 13.2 Å². The van der Waals surface area contributed by atoms with E-state index in [1.807, 2.05) is 30.5 Å². The first kappa shape index (κ1) is 22.8. The van der Waals surface area contributed by atoms with Gasteiger partial charge in [0.25, 0.3) is 0 Å². The van der Waals surface area contributed by atoms with Crippen molar-refractivity contribution >= 4 is 11.5 Å². The van der Waals surface area contributed by atoms with E-state index in [2.05, 4.69) is 0 Å². The summed E-state index contributed by atoms with van der Waals surface area (Å²) in [5, 5.41) is 4.71. The zero-order valence-corrected chi connectivity index (χ0v) is 18.1. The van der Waals surface area contributed by atoms with Crippen LogP contribution >= 0.6 is 0 Å². The Hall–Kier alpha value is -2.83. The normalized spacial score (nSPS) is 11.8. The Labute approximate surface area is 180 Å². The molecule has 0 unspecified atom stereocenters. The molecule has 0 aliphatic rings. The molecule has 0 atom stereocenters. The minimum absolute atomic E-state index is 0.231. The number of benzene rings is 1. The molecule has 2 aromatic heterocycles. The lowest BCUT2D eigenvalue weighted by atomic mass is 9.93. The first-order valence-corrected chi connectivity index (χ1v) is 10.6. The van der Waals surface area contributed by atoms with Gasteiger partial charge in [-0.2, -0.15) is 18.3 Å². The summed E-state index contributed by atoms with van der Waals surface area (Å²) in [6.07, 6.45) is -1.34. The van der Waals surface area contributed by atoms with Gasteiger partial charge in [-0.25, -0.2) is 4.52 Å². The van der Waals surface area contributed by atoms with Crippen molar-refractivity contribution in [1.29, 1.82) is 0 Å². The van der Waals surface area contributed by atoms with Crippen molar-refractivity contribution in [2.75, 3.05) is 6.61 Å². The van der Waals surface area contributed by atoms with Gasteiger partial charge in [-0.1, -0.05) is 19.1 Å². The fourth-order valence-electron chi connectivity index (χ4n) is 3.88. The second-order valence-corrected chi connectivity index (χ2v) is 7.50. The summed E-state index contributed by atoms with van der Waals surface area (Å²) in [5.41, 5.74) is 4.11. The minimum Gasteiger partial charge on any atom is -0.466 e. The maximum atomic E-state index is 13.4. The lowest BCUT2D eigenvalue weighted by molar-refractivity contribution is -0.143. The number of fused-ring (bicyclic) bond motifs is 1. The molecule has 1 aromatic carbocycles. The Balaban J connectivity index is 2.04. The number of aryl methyl sites for hydroxylation is 2. The molecular formula is C24H27F3N2O2. The Morgan fingerprint density at radius 3 is 2.58 bits per heavy atom. The third-order valence-electron chi connectivity index (χ3n) is 5.38. The molecule has 31 heavy (non-hydrogen) atoms. The molecule has 0 saturated heterocycles. The predicted octanol–water partition coefficient (Wildman–Crippen LogP) is 6.17. The molecule has 0 aliphatic carbocycles. The lowest BCUT2D eigenvalue weighted by Gasteiger charge is -2.17. The Kier molecular flexibility index (Phi) is 7.03. The summed E-state index contributed by atoms with van der Waals surface area (Å²) in [7, 11) is 0. The van der Waals surface area contributed by atoms with Gasteiger partial charge in [-0.3, -0.25) is 4.79 Å². The zero-order chi connectivity index (χ0) is 22.6. The summed E-state index contributed by atoms with van der Waals surface area (Å²) in [6, 6.07) is 9.33. The number of unbranched alkanes of at least 4 members (excludes halogenated alkanes) is 1. The van der Waals surface area contributed by atoms with E-state index < -0.39 is 11.7 Å². The van der Waals surface area contributed by atoms with Crippen molar-refractivity contribution < 1.29 is 22.7 Å². The van der Waals surface area contributed by atoms with Crippen molar-refractivity contribution in [3.63, 3.8) is 0 Å². The molecule has 2 heterocycles. The molecule has 0 radical (unpaired) electrons. The largest absolute Gasteiger partial charge is 0.466 e. The molecular weight excluding hydrogens is 405 g/mol. The van der Waals surface area contributed by atoms with E-state index in [4.69, 9.17) is 9.84 Å². The number of nitrogens with zero attached hydrogens (tertiary/aromatic N) is 2. The van der Waals surface area contributed by atoms with Gasteiger partial charge in [0.1, 0.15) is 0 Å². The van der Waals surface area contributed by atoms with E-state index in [0.717, 1.165) is 40.5 Å². The minimum atomic E-state index is -4.41. The summed E-state index contributed by atoms with van der Waals surface area (Å²) in [6.45, 7) is 6.03. The van der Waals surface area contributed by atoms with Crippen LogP contribution in [0, 0.1) is 6.92 Å². The molecule has 166 valence electrons. The lowest BCUT2D eigenvalue weighted by Crippen LogP contribution is -2.08. The molecule has 4 nitrogen and oxygen atoms in total. The highest BCUT2D eigenvalue weighted by Gasteiger charge is 2.31. The van der Waals surface area contributed by atoms with Crippen molar-refractivity contribution in [2.24, 2.45) is 0 Å². The van der Waals surface area contributed by atoms with E-state index >= 15 is 0 Å². The second-order valence-electron chi connectivity index (χ2n) is 7.50. The molecule has 0 fully saturated rings. The number of rotatable bonds is 8. The van der Waals surface area contributed by atoms with E-state index in [1.54, 1.807) is 13.0 Å². The highest BCUT2D eigenvalue weighted by Crippen LogP contribution is 2.36. The maximum Gasteiger partial charge on any atom is 0.416 e. The topological polar surface area (TPSA) is 43.6 Å². The van der Waals surface area contributed by atoms with Crippen LogP contribution in [0.1, 0.15) is 55.6 Å². The van der Waals surface area contributed by atoms with Crippen LogP contribution in [0.15, 0.2) is 36.4 Å². The van der Waals surface area contributed by atoms with Crippen LogP contribution in [-0.4, -0.2) is 22.2 Å². The fourth-order valence-corrected chi connectivity index (χ4v) is 3.88. The van der Waals surface area contributed by atoms with Gasteiger partial charge in [-0.15, -0.1) is 0 Å². The number of alkyl halides is 3. The molecule has 3 rings (SSSR count). The third kappa shape index (κ3) is 5.09. The zero-order valence-electron chi connectivity index (χ0n) is 18.1. The van der Waals surface area contributed by atoms with Crippen molar-refractivity contribution in [2.45, 2.75) is 59.1 Å². The summed E-state index contributed by atoms with van der Waals surface area (Å²) < 4.78 is 46.9. The third-order valence-corrected chi connectivity index (χ3v) is 5.38. The van der Waals surface area contributed by atoms with Crippen LogP contribution in [0.25, 0.3) is 16.6 Å². The highest BCUT2D eigenvalue weighted by molar-refractivity contribution is 5.84. The van der Waals surface area contributed by atoms with Gasteiger partial charge in [0.2, 0.25) is 0 Å². The van der Waals surface area contributed by atoms with E-state index in [-0.39, 0.29) is 5.97 Å². The van der Waals surface area contributed by atoms with Crippen molar-refractivity contribution in [3.05, 3.63) is 58.9 Å². The molecule has 0 bridgehead atoms. The van der Waals surface area contributed by atoms with E-state index in [1.165, 1.54) is 12.1 Å². The number of esters is 1.